The molecule has 0 aliphatic heterocycles. The van der Waals surface area contributed by atoms with E-state index in [4.69, 9.17) is 5.73 Å². The van der Waals surface area contributed by atoms with E-state index in [1.807, 2.05) is 38.2 Å². The molecule has 0 spiro atoms. The number of nitrogens with two attached hydrogens (primary N) is 1. The zero-order chi connectivity index (χ0) is 11.4. The van der Waals surface area contributed by atoms with Crippen molar-refractivity contribution in [3.8, 4) is 0 Å². The van der Waals surface area contributed by atoms with Gasteiger partial charge in [0.2, 0.25) is 0 Å². The summed E-state index contributed by atoms with van der Waals surface area (Å²) in [6, 6.07) is 7.92. The Hall–Kier alpha value is -0.870. The molecule has 0 aromatic heterocycles. The van der Waals surface area contributed by atoms with Crippen molar-refractivity contribution < 1.29 is 9.69 Å². The second-order valence-electron chi connectivity index (χ2n) is 3.77. The summed E-state index contributed by atoms with van der Waals surface area (Å²) < 4.78 is 1.06. The number of carbonyl (C=O) groups excluding carboxylic acids is 1. The Balaban J connectivity index is 2.62. The van der Waals surface area contributed by atoms with Crippen LogP contribution in [0.1, 0.15) is 12.5 Å². The van der Waals surface area contributed by atoms with Gasteiger partial charge in [0.1, 0.15) is 6.54 Å². The Morgan fingerprint density at radius 1 is 1.47 bits per heavy atom. The Morgan fingerprint density at radius 3 is 2.47 bits per heavy atom. The molecule has 0 heterocycles. The summed E-state index contributed by atoms with van der Waals surface area (Å²) in [5.41, 5.74) is 6.45. The molecule has 1 aromatic carbocycles. The Morgan fingerprint density at radius 2 is 2.00 bits per heavy atom. The first kappa shape index (κ1) is 12.2. The van der Waals surface area contributed by atoms with E-state index in [1.54, 1.807) is 0 Å². The first-order valence-corrected chi connectivity index (χ1v) is 5.66. The quantitative estimate of drug-likeness (QED) is 0.815. The molecule has 0 aliphatic carbocycles. The molecule has 0 radical (unpaired) electrons. The van der Waals surface area contributed by atoms with Crippen molar-refractivity contribution >= 4 is 21.8 Å². The Bertz CT molecular complexity index is 337. The molecule has 82 valence electrons. The predicted octanol–water partition coefficient (Wildman–Crippen LogP) is 0.338. The summed E-state index contributed by atoms with van der Waals surface area (Å²) in [4.78, 5) is 12.1. The van der Waals surface area contributed by atoms with Crippen LogP contribution in [-0.2, 0) is 11.3 Å². The molecule has 3 nitrogen and oxygen atoms in total. The van der Waals surface area contributed by atoms with Gasteiger partial charge in [-0.3, -0.25) is 4.79 Å². The average Bonchev–Trinajstić information content (AvgIpc) is 2.20. The van der Waals surface area contributed by atoms with Crippen molar-refractivity contribution in [3.63, 3.8) is 0 Å². The third-order valence-corrected chi connectivity index (χ3v) is 3.09. The van der Waals surface area contributed by atoms with Crippen LogP contribution in [0.2, 0.25) is 0 Å². The summed E-state index contributed by atoms with van der Waals surface area (Å²) >= 11 is 3.38. The second-order valence-corrected chi connectivity index (χ2v) is 4.69. The van der Waals surface area contributed by atoms with E-state index in [0.29, 0.717) is 0 Å². The number of nitrogens with one attached hydrogen (secondary N) is 1. The molecular weight excluding hydrogens is 256 g/mol. The number of amides is 1. The van der Waals surface area contributed by atoms with Gasteiger partial charge in [0.25, 0.3) is 5.91 Å². The van der Waals surface area contributed by atoms with Crippen LogP contribution < -0.4 is 10.6 Å². The third kappa shape index (κ3) is 3.64. The van der Waals surface area contributed by atoms with Crippen molar-refractivity contribution in [2.45, 2.75) is 19.5 Å². The molecule has 0 fully saturated rings. The van der Waals surface area contributed by atoms with Gasteiger partial charge in [-0.05, 0) is 19.1 Å². The van der Waals surface area contributed by atoms with Crippen LogP contribution in [0.5, 0.6) is 0 Å². The first-order chi connectivity index (χ1) is 7.00. The fourth-order valence-electron chi connectivity index (χ4n) is 1.32. The van der Waals surface area contributed by atoms with Crippen molar-refractivity contribution in [2.75, 3.05) is 7.05 Å². The van der Waals surface area contributed by atoms with E-state index in [9.17, 15) is 4.79 Å². The summed E-state index contributed by atoms with van der Waals surface area (Å²) in [6.07, 6.45) is 0. The standard InChI is InChI=1S/C11H15BrN2O/c1-8(11(13)15)14(2)7-9-3-5-10(12)6-4-9/h3-6,8H,7H2,1-2H3,(H2,13,15)/p+1/t8-/m1/s1. The highest BCUT2D eigenvalue weighted by Gasteiger charge is 2.18. The maximum Gasteiger partial charge on any atom is 0.275 e. The third-order valence-electron chi connectivity index (χ3n) is 2.56. The van der Waals surface area contributed by atoms with Crippen LogP contribution in [0.25, 0.3) is 0 Å². The fraction of sp³-hybridized carbons (Fsp3) is 0.364. The lowest BCUT2D eigenvalue weighted by Crippen LogP contribution is -3.12. The van der Waals surface area contributed by atoms with Crippen LogP contribution in [0.3, 0.4) is 0 Å². The number of halogens is 1. The van der Waals surface area contributed by atoms with Gasteiger partial charge >= 0.3 is 0 Å². The van der Waals surface area contributed by atoms with Crippen LogP contribution in [0.4, 0.5) is 0 Å². The lowest BCUT2D eigenvalue weighted by atomic mass is 10.2. The van der Waals surface area contributed by atoms with Gasteiger partial charge in [-0.2, -0.15) is 0 Å². The molecule has 3 N–H and O–H groups in total. The summed E-state index contributed by atoms with van der Waals surface area (Å²) in [5.74, 6) is -0.260. The summed E-state index contributed by atoms with van der Waals surface area (Å²) in [7, 11) is 1.97. The van der Waals surface area contributed by atoms with E-state index in [0.717, 1.165) is 15.9 Å². The smallest absolute Gasteiger partial charge is 0.275 e. The lowest BCUT2D eigenvalue weighted by molar-refractivity contribution is -0.908. The van der Waals surface area contributed by atoms with Crippen molar-refractivity contribution in [3.05, 3.63) is 34.3 Å². The number of likely N-dealkylation sites (N-methyl/N-ethyl adjacent to an activating group) is 1. The molecule has 2 atom stereocenters. The van der Waals surface area contributed by atoms with Crippen molar-refractivity contribution in [1.82, 2.24) is 0 Å². The molecule has 0 bridgehead atoms. The predicted molar refractivity (Wildman–Crippen MR) is 63.4 cm³/mol. The molecule has 15 heavy (non-hydrogen) atoms. The number of rotatable bonds is 4. The minimum Gasteiger partial charge on any atom is -0.365 e. The van der Waals surface area contributed by atoms with E-state index < -0.39 is 0 Å². The molecular formula is C11H16BrN2O+. The Labute approximate surface area is 98.4 Å². The summed E-state index contributed by atoms with van der Waals surface area (Å²) in [5, 5.41) is 0. The molecule has 1 unspecified atom stereocenters. The van der Waals surface area contributed by atoms with E-state index in [-0.39, 0.29) is 11.9 Å². The number of benzene rings is 1. The average molecular weight is 272 g/mol. The molecule has 1 amide bonds. The van der Waals surface area contributed by atoms with Crippen LogP contribution in [0, 0.1) is 0 Å². The van der Waals surface area contributed by atoms with Crippen molar-refractivity contribution in [1.29, 1.82) is 0 Å². The van der Waals surface area contributed by atoms with Gasteiger partial charge in [0.05, 0.1) is 7.05 Å². The number of primary amides is 1. The van der Waals surface area contributed by atoms with Gasteiger partial charge in [0.15, 0.2) is 6.04 Å². The van der Waals surface area contributed by atoms with Gasteiger partial charge < -0.3 is 10.6 Å². The maximum atomic E-state index is 11.0. The first-order valence-electron chi connectivity index (χ1n) is 4.86. The topological polar surface area (TPSA) is 47.5 Å². The monoisotopic (exact) mass is 271 g/mol. The zero-order valence-corrected chi connectivity index (χ0v) is 10.5. The maximum absolute atomic E-state index is 11.0. The molecule has 4 heteroatoms. The van der Waals surface area contributed by atoms with Gasteiger partial charge in [0, 0.05) is 10.0 Å². The zero-order valence-electron chi connectivity index (χ0n) is 8.96. The van der Waals surface area contributed by atoms with Gasteiger partial charge in [-0.1, -0.05) is 28.1 Å². The van der Waals surface area contributed by atoms with E-state index in [1.165, 1.54) is 5.56 Å². The number of hydrogen-bond donors (Lipinski definition) is 2. The van der Waals surface area contributed by atoms with Gasteiger partial charge in [-0.25, -0.2) is 0 Å². The van der Waals surface area contributed by atoms with Gasteiger partial charge in [-0.15, -0.1) is 0 Å². The number of hydrogen-bond acceptors (Lipinski definition) is 1. The largest absolute Gasteiger partial charge is 0.365 e. The minimum absolute atomic E-state index is 0.159. The van der Waals surface area contributed by atoms with E-state index in [2.05, 4.69) is 15.9 Å². The fourth-order valence-corrected chi connectivity index (χ4v) is 1.58. The summed E-state index contributed by atoms with van der Waals surface area (Å²) in [6.45, 7) is 2.65. The molecule has 1 aromatic rings. The highest BCUT2D eigenvalue weighted by Crippen LogP contribution is 2.09. The number of carbonyl (C=O) groups is 1. The normalized spacial score (nSPS) is 14.6. The van der Waals surface area contributed by atoms with E-state index >= 15 is 0 Å². The minimum atomic E-state index is -0.260. The second kappa shape index (κ2) is 5.28. The highest BCUT2D eigenvalue weighted by molar-refractivity contribution is 9.10. The van der Waals surface area contributed by atoms with Crippen molar-refractivity contribution in [2.24, 2.45) is 5.73 Å². The SMILES string of the molecule is C[C@H](C(N)=O)[NH+](C)Cc1ccc(Br)cc1. The lowest BCUT2D eigenvalue weighted by Gasteiger charge is -2.18. The van der Waals surface area contributed by atoms with Crippen LogP contribution in [0.15, 0.2) is 28.7 Å². The molecule has 0 saturated heterocycles. The van der Waals surface area contributed by atoms with Crippen LogP contribution in [-0.4, -0.2) is 19.0 Å². The highest BCUT2D eigenvalue weighted by atomic mass is 79.9. The molecule has 0 saturated carbocycles. The Kier molecular flexibility index (Phi) is 4.29. The van der Waals surface area contributed by atoms with Crippen LogP contribution >= 0.6 is 15.9 Å². The molecule has 0 aliphatic rings. The number of quaternary nitrogens is 1. The molecule has 1 rings (SSSR count).